The predicted octanol–water partition coefficient (Wildman–Crippen LogP) is 2.62. The minimum absolute atomic E-state index is 0.0728. The Kier molecular flexibility index (Phi) is 5.29. The number of benzene rings is 1. The summed E-state index contributed by atoms with van der Waals surface area (Å²) in [7, 11) is 0. The van der Waals surface area contributed by atoms with E-state index in [2.05, 4.69) is 5.32 Å². The largest absolute Gasteiger partial charge is 0.481 e. The lowest BCUT2D eigenvalue weighted by Gasteiger charge is -2.26. The first-order valence-corrected chi connectivity index (χ1v) is 6.66. The lowest BCUT2D eigenvalue weighted by Crippen LogP contribution is -2.28. The number of hydrogen-bond donors (Lipinski definition) is 3. The third-order valence-corrected chi connectivity index (χ3v) is 2.89. The summed E-state index contributed by atoms with van der Waals surface area (Å²) in [5, 5.41) is 11.8. The number of nitrogens with two attached hydrogens (primary N) is 1. The van der Waals surface area contributed by atoms with Gasteiger partial charge in [-0.2, -0.15) is 0 Å². The van der Waals surface area contributed by atoms with Gasteiger partial charge in [-0.05, 0) is 30.0 Å². The van der Waals surface area contributed by atoms with E-state index in [-0.39, 0.29) is 23.1 Å². The van der Waals surface area contributed by atoms with Gasteiger partial charge in [0.1, 0.15) is 5.82 Å². The van der Waals surface area contributed by atoms with E-state index in [1.807, 2.05) is 20.8 Å². The van der Waals surface area contributed by atoms with Crippen molar-refractivity contribution in [1.29, 1.82) is 0 Å². The second-order valence-corrected chi connectivity index (χ2v) is 6.26. The topological polar surface area (TPSA) is 92.4 Å². The van der Waals surface area contributed by atoms with Gasteiger partial charge in [-0.3, -0.25) is 9.59 Å². The number of carbonyl (C=O) groups excluding carboxylic acids is 1. The first kappa shape index (κ1) is 16.9. The molecule has 116 valence electrons. The summed E-state index contributed by atoms with van der Waals surface area (Å²) in [5.41, 5.74) is 5.21. The molecule has 0 fully saturated rings. The lowest BCUT2D eigenvalue weighted by molar-refractivity contribution is -0.137. The fraction of sp³-hybridized carbons (Fsp3) is 0.467. The van der Waals surface area contributed by atoms with Crippen molar-refractivity contribution in [2.75, 3.05) is 5.32 Å². The van der Waals surface area contributed by atoms with Crippen LogP contribution in [-0.2, 0) is 4.79 Å². The molecule has 0 aliphatic heterocycles. The van der Waals surface area contributed by atoms with E-state index in [0.29, 0.717) is 6.42 Å². The van der Waals surface area contributed by atoms with Crippen LogP contribution >= 0.6 is 0 Å². The van der Waals surface area contributed by atoms with Crippen molar-refractivity contribution in [2.45, 2.75) is 39.7 Å². The summed E-state index contributed by atoms with van der Waals surface area (Å²) in [6.07, 6.45) is 0.449. The van der Waals surface area contributed by atoms with Gasteiger partial charge in [0.15, 0.2) is 0 Å². The van der Waals surface area contributed by atoms with Crippen molar-refractivity contribution in [1.82, 2.24) is 0 Å². The number of anilines is 1. The summed E-state index contributed by atoms with van der Waals surface area (Å²) in [5.74, 6) is -2.29. The molecular formula is C15H21FN2O3. The molecule has 6 heteroatoms. The van der Waals surface area contributed by atoms with Crippen LogP contribution in [0.15, 0.2) is 18.2 Å². The minimum atomic E-state index is -0.953. The van der Waals surface area contributed by atoms with E-state index in [1.54, 1.807) is 0 Å². The Labute approximate surface area is 123 Å². The Balaban J connectivity index is 2.92. The van der Waals surface area contributed by atoms with E-state index < -0.39 is 23.7 Å². The summed E-state index contributed by atoms with van der Waals surface area (Å²) in [6, 6.07) is 3.44. The molecule has 21 heavy (non-hydrogen) atoms. The molecular weight excluding hydrogens is 275 g/mol. The average molecular weight is 296 g/mol. The zero-order valence-electron chi connectivity index (χ0n) is 12.4. The van der Waals surface area contributed by atoms with Gasteiger partial charge < -0.3 is 16.2 Å². The molecule has 1 aromatic carbocycles. The molecule has 0 radical (unpaired) electrons. The molecule has 0 heterocycles. The zero-order chi connectivity index (χ0) is 16.2. The number of halogens is 1. The highest BCUT2D eigenvalue weighted by Crippen LogP contribution is 2.26. The van der Waals surface area contributed by atoms with Crippen LogP contribution in [0.3, 0.4) is 0 Å². The zero-order valence-corrected chi connectivity index (χ0v) is 12.4. The Bertz CT molecular complexity index is 538. The van der Waals surface area contributed by atoms with Crippen molar-refractivity contribution in [3.05, 3.63) is 29.6 Å². The van der Waals surface area contributed by atoms with Crippen LogP contribution in [0.4, 0.5) is 10.1 Å². The van der Waals surface area contributed by atoms with Crippen LogP contribution in [0.2, 0.25) is 0 Å². The van der Waals surface area contributed by atoms with Crippen molar-refractivity contribution >= 4 is 17.6 Å². The van der Waals surface area contributed by atoms with Gasteiger partial charge in [0.2, 0.25) is 5.91 Å². The van der Waals surface area contributed by atoms with Gasteiger partial charge in [-0.1, -0.05) is 20.8 Å². The average Bonchev–Trinajstić information content (AvgIpc) is 2.28. The number of hydrogen-bond acceptors (Lipinski definition) is 3. The third kappa shape index (κ3) is 5.81. The Morgan fingerprint density at radius 1 is 1.38 bits per heavy atom. The molecule has 0 aliphatic rings. The molecule has 0 aromatic heterocycles. The van der Waals surface area contributed by atoms with E-state index in [0.717, 1.165) is 6.07 Å². The summed E-state index contributed by atoms with van der Waals surface area (Å²) >= 11 is 0. The molecule has 5 nitrogen and oxygen atoms in total. The van der Waals surface area contributed by atoms with Crippen LogP contribution in [-0.4, -0.2) is 23.0 Å². The minimum Gasteiger partial charge on any atom is -0.481 e. The molecule has 1 amide bonds. The number of carbonyl (C=O) groups is 2. The van der Waals surface area contributed by atoms with Crippen molar-refractivity contribution in [2.24, 2.45) is 11.1 Å². The number of rotatable bonds is 6. The third-order valence-electron chi connectivity index (χ3n) is 2.89. The fourth-order valence-corrected chi connectivity index (χ4v) is 2.13. The van der Waals surface area contributed by atoms with Gasteiger partial charge in [0.05, 0.1) is 12.1 Å². The summed E-state index contributed by atoms with van der Waals surface area (Å²) in [6.45, 7) is 5.95. The first-order valence-electron chi connectivity index (χ1n) is 6.66. The quantitative estimate of drug-likeness (QED) is 0.752. The molecule has 0 saturated carbocycles. The van der Waals surface area contributed by atoms with Gasteiger partial charge in [0, 0.05) is 11.6 Å². The van der Waals surface area contributed by atoms with Gasteiger partial charge in [-0.25, -0.2) is 4.39 Å². The lowest BCUT2D eigenvalue weighted by atomic mass is 9.87. The van der Waals surface area contributed by atoms with E-state index in [1.165, 1.54) is 12.1 Å². The summed E-state index contributed by atoms with van der Waals surface area (Å²) in [4.78, 5) is 21.9. The number of carboxylic acid groups (broad SMARTS) is 1. The van der Waals surface area contributed by atoms with Gasteiger partial charge >= 0.3 is 5.97 Å². The second kappa shape index (κ2) is 6.56. The molecule has 0 saturated heterocycles. The van der Waals surface area contributed by atoms with Gasteiger partial charge in [0.25, 0.3) is 0 Å². The number of primary amides is 1. The number of carboxylic acids is 1. The molecule has 4 N–H and O–H groups in total. The standard InChI is InChI=1S/C15H21FN2O3/c1-15(2,3)8-10(7-13(19)20)18-12-5-4-9(14(17)21)6-11(12)16/h4-6,10,18H,7-8H2,1-3H3,(H2,17,21)(H,19,20). The molecule has 1 unspecified atom stereocenters. The highest BCUT2D eigenvalue weighted by Gasteiger charge is 2.22. The second-order valence-electron chi connectivity index (χ2n) is 6.26. The van der Waals surface area contributed by atoms with Crippen LogP contribution in [0.1, 0.15) is 44.0 Å². The molecule has 1 aromatic rings. The maximum absolute atomic E-state index is 13.9. The SMILES string of the molecule is CC(C)(C)CC(CC(=O)O)Nc1ccc(C(N)=O)cc1F. The van der Waals surface area contributed by atoms with E-state index in [4.69, 9.17) is 10.8 Å². The first-order chi connectivity index (χ1) is 9.58. The van der Waals surface area contributed by atoms with Crippen molar-refractivity contribution in [3.8, 4) is 0 Å². The molecule has 0 aliphatic carbocycles. The van der Waals surface area contributed by atoms with Gasteiger partial charge in [-0.15, -0.1) is 0 Å². The van der Waals surface area contributed by atoms with Crippen molar-refractivity contribution < 1.29 is 19.1 Å². The summed E-state index contributed by atoms with van der Waals surface area (Å²) < 4.78 is 13.9. The molecule has 0 spiro atoms. The maximum atomic E-state index is 13.9. The molecule has 1 atom stereocenters. The number of aliphatic carboxylic acids is 1. The van der Waals surface area contributed by atoms with Crippen LogP contribution < -0.4 is 11.1 Å². The fourth-order valence-electron chi connectivity index (χ4n) is 2.13. The monoisotopic (exact) mass is 296 g/mol. The number of nitrogens with one attached hydrogen (secondary N) is 1. The van der Waals surface area contributed by atoms with E-state index in [9.17, 15) is 14.0 Å². The smallest absolute Gasteiger partial charge is 0.305 e. The normalized spacial score (nSPS) is 12.8. The molecule has 1 rings (SSSR count). The Morgan fingerprint density at radius 2 is 2.00 bits per heavy atom. The van der Waals surface area contributed by atoms with Crippen LogP contribution in [0, 0.1) is 11.2 Å². The van der Waals surface area contributed by atoms with Crippen LogP contribution in [0.25, 0.3) is 0 Å². The Hall–Kier alpha value is -2.11. The highest BCUT2D eigenvalue weighted by molar-refractivity contribution is 5.93. The highest BCUT2D eigenvalue weighted by atomic mass is 19.1. The number of amides is 1. The van der Waals surface area contributed by atoms with E-state index >= 15 is 0 Å². The predicted molar refractivity (Wildman–Crippen MR) is 78.7 cm³/mol. The molecule has 0 bridgehead atoms. The van der Waals surface area contributed by atoms with Crippen LogP contribution in [0.5, 0.6) is 0 Å². The van der Waals surface area contributed by atoms with Crippen molar-refractivity contribution in [3.63, 3.8) is 0 Å². The Morgan fingerprint density at radius 3 is 2.43 bits per heavy atom. The maximum Gasteiger partial charge on any atom is 0.305 e.